The van der Waals surface area contributed by atoms with Crippen molar-refractivity contribution >= 4 is 68.4 Å². The van der Waals surface area contributed by atoms with Gasteiger partial charge in [0.1, 0.15) is 0 Å². The van der Waals surface area contributed by atoms with Gasteiger partial charge in [-0.3, -0.25) is 0 Å². The van der Waals surface area contributed by atoms with Gasteiger partial charge in [-0.25, -0.2) is 0 Å². The van der Waals surface area contributed by atoms with E-state index in [9.17, 15) is 0 Å². The predicted octanol–water partition coefficient (Wildman–Crippen LogP) is 12.5. The van der Waals surface area contributed by atoms with Gasteiger partial charge in [0, 0.05) is 26.6 Å². The van der Waals surface area contributed by atoms with Crippen LogP contribution in [-0.2, 0) is 5.41 Å². The maximum absolute atomic E-state index is 2.72. The van der Waals surface area contributed by atoms with Gasteiger partial charge in [-0.05, 0) is 113 Å². The molecule has 290 valence electrons. The summed E-state index contributed by atoms with van der Waals surface area (Å²) in [4.78, 5) is 5.25. The lowest BCUT2D eigenvalue weighted by molar-refractivity contribution is 0.768. The first kappa shape index (κ1) is 35.6. The Hall–Kier alpha value is -7.17. The summed E-state index contributed by atoms with van der Waals surface area (Å²) in [6, 6.07) is 89.2. The standard InChI is InChI=1S/C59H39NSSi/c1-2-19-41(20-3-1)59(50-25-9-6-22-46(50)47-23-7-10-26-51(47)59)42-33-35-43(36-34-42)60(52-27-16-18-40-17-4-5-21-45(40)52)44-37-38-49-48-24-8-13-30-55(48)62(58(49)39-44)56-31-14-11-28-53(56)61-54-29-12-15-32-57(54)62/h1-39H. The van der Waals surface area contributed by atoms with E-state index in [-0.39, 0.29) is 0 Å². The molecule has 0 unspecified atom stereocenters. The quantitative estimate of drug-likeness (QED) is 0.159. The summed E-state index contributed by atoms with van der Waals surface area (Å²) in [6.45, 7) is 0. The van der Waals surface area contributed by atoms with Gasteiger partial charge in [-0.1, -0.05) is 206 Å². The van der Waals surface area contributed by atoms with Crippen LogP contribution in [0.25, 0.3) is 33.0 Å². The summed E-state index contributed by atoms with van der Waals surface area (Å²) in [5.41, 5.74) is 13.5. The molecular formula is C59H39NSSi. The summed E-state index contributed by atoms with van der Waals surface area (Å²) in [7, 11) is -2.72. The first-order valence-corrected chi connectivity index (χ1v) is 24.3. The maximum atomic E-state index is 2.57. The number of hydrogen-bond acceptors (Lipinski definition) is 2. The Kier molecular flexibility index (Phi) is 7.84. The third-order valence-electron chi connectivity index (χ3n) is 13.8. The Bertz CT molecular complexity index is 3310. The lowest BCUT2D eigenvalue weighted by atomic mass is 9.68. The van der Waals surface area contributed by atoms with E-state index in [0.717, 1.165) is 17.1 Å². The van der Waals surface area contributed by atoms with Crippen molar-refractivity contribution in [3.63, 3.8) is 0 Å². The van der Waals surface area contributed by atoms with Crippen molar-refractivity contribution in [3.05, 3.63) is 259 Å². The first-order valence-electron chi connectivity index (χ1n) is 21.5. The highest BCUT2D eigenvalue weighted by Crippen LogP contribution is 2.56. The minimum absolute atomic E-state index is 0.464. The Labute approximate surface area is 367 Å². The molecule has 0 amide bonds. The first-order chi connectivity index (χ1) is 30.8. The molecule has 0 fully saturated rings. The monoisotopic (exact) mass is 821 g/mol. The minimum atomic E-state index is -2.72. The van der Waals surface area contributed by atoms with Crippen molar-refractivity contribution in [3.8, 4) is 22.3 Å². The van der Waals surface area contributed by atoms with E-state index < -0.39 is 13.5 Å². The van der Waals surface area contributed by atoms with Crippen LogP contribution in [-0.4, -0.2) is 8.07 Å². The number of fused-ring (bicyclic) bond motifs is 13. The molecule has 0 aromatic heterocycles. The van der Waals surface area contributed by atoms with Crippen LogP contribution in [0.3, 0.4) is 0 Å². The normalized spacial score (nSPS) is 14.3. The molecule has 0 saturated heterocycles. The zero-order valence-electron chi connectivity index (χ0n) is 33.9. The lowest BCUT2D eigenvalue weighted by Crippen LogP contribution is -2.74. The summed E-state index contributed by atoms with van der Waals surface area (Å²) < 4.78 is 0. The average Bonchev–Trinajstić information content (AvgIpc) is 3.81. The molecule has 62 heavy (non-hydrogen) atoms. The summed E-state index contributed by atoms with van der Waals surface area (Å²) in [5.74, 6) is 0. The van der Waals surface area contributed by atoms with Crippen LogP contribution >= 0.6 is 11.8 Å². The molecule has 3 aliphatic rings. The van der Waals surface area contributed by atoms with Crippen molar-refractivity contribution in [1.82, 2.24) is 0 Å². The number of hydrogen-bond donors (Lipinski definition) is 0. The van der Waals surface area contributed by atoms with Gasteiger partial charge in [0.25, 0.3) is 0 Å². The molecule has 10 aromatic rings. The molecule has 13 rings (SSSR count). The van der Waals surface area contributed by atoms with E-state index in [1.807, 2.05) is 11.8 Å². The summed E-state index contributed by atoms with van der Waals surface area (Å²) in [6.07, 6.45) is 0. The molecule has 0 radical (unpaired) electrons. The van der Waals surface area contributed by atoms with E-state index in [0.29, 0.717) is 0 Å². The van der Waals surface area contributed by atoms with E-state index in [1.165, 1.54) is 85.8 Å². The molecule has 1 spiro atoms. The molecule has 2 aliphatic heterocycles. The van der Waals surface area contributed by atoms with Gasteiger partial charge in [-0.2, -0.15) is 0 Å². The zero-order chi connectivity index (χ0) is 40.8. The van der Waals surface area contributed by atoms with Crippen molar-refractivity contribution < 1.29 is 0 Å². The van der Waals surface area contributed by atoms with E-state index in [4.69, 9.17) is 0 Å². The number of benzene rings is 10. The predicted molar refractivity (Wildman–Crippen MR) is 263 cm³/mol. The van der Waals surface area contributed by atoms with Crippen LogP contribution in [0, 0.1) is 0 Å². The average molecular weight is 822 g/mol. The van der Waals surface area contributed by atoms with Crippen LogP contribution in [0.4, 0.5) is 17.1 Å². The Morgan fingerprint density at radius 2 is 0.871 bits per heavy atom. The zero-order valence-corrected chi connectivity index (χ0v) is 35.7. The van der Waals surface area contributed by atoms with Crippen molar-refractivity contribution in [2.45, 2.75) is 15.2 Å². The number of anilines is 3. The second-order valence-electron chi connectivity index (χ2n) is 16.7. The van der Waals surface area contributed by atoms with E-state index in [1.54, 1.807) is 0 Å². The lowest BCUT2D eigenvalue weighted by Gasteiger charge is -2.38. The van der Waals surface area contributed by atoms with Gasteiger partial charge in [0.2, 0.25) is 0 Å². The highest BCUT2D eigenvalue weighted by atomic mass is 32.2. The Balaban J connectivity index is 1.06. The number of nitrogens with zero attached hydrogens (tertiary/aromatic N) is 1. The minimum Gasteiger partial charge on any atom is -0.310 e. The molecule has 1 aliphatic carbocycles. The second kappa shape index (κ2) is 13.7. The second-order valence-corrected chi connectivity index (χ2v) is 21.4. The third kappa shape index (κ3) is 4.81. The van der Waals surface area contributed by atoms with Gasteiger partial charge >= 0.3 is 0 Å². The van der Waals surface area contributed by atoms with Crippen molar-refractivity contribution in [2.75, 3.05) is 4.90 Å². The molecule has 2 heterocycles. The van der Waals surface area contributed by atoms with Crippen LogP contribution in [0.15, 0.2) is 246 Å². The molecular weight excluding hydrogens is 783 g/mol. The topological polar surface area (TPSA) is 3.24 Å². The van der Waals surface area contributed by atoms with Gasteiger partial charge in [-0.15, -0.1) is 0 Å². The van der Waals surface area contributed by atoms with Crippen molar-refractivity contribution in [2.24, 2.45) is 0 Å². The van der Waals surface area contributed by atoms with Gasteiger partial charge < -0.3 is 4.90 Å². The van der Waals surface area contributed by atoms with Crippen LogP contribution in [0.5, 0.6) is 0 Å². The molecule has 1 nitrogen and oxygen atoms in total. The van der Waals surface area contributed by atoms with Crippen molar-refractivity contribution in [1.29, 1.82) is 0 Å². The SMILES string of the molecule is c1ccc(C2(c3ccc(N(c4ccc5c(c4)[Si]4(c6ccccc6Sc6ccccc64)c4ccccc4-5)c4cccc5ccccc45)cc3)c3ccccc3-c3ccccc32)cc1. The fourth-order valence-corrected chi connectivity index (χ4v) is 18.8. The highest BCUT2D eigenvalue weighted by molar-refractivity contribution is 8.00. The molecule has 3 heteroatoms. The van der Waals surface area contributed by atoms with Crippen LogP contribution < -0.4 is 25.6 Å². The van der Waals surface area contributed by atoms with Crippen LogP contribution in [0.2, 0.25) is 0 Å². The Morgan fingerprint density at radius 1 is 0.355 bits per heavy atom. The third-order valence-corrected chi connectivity index (χ3v) is 20.3. The van der Waals surface area contributed by atoms with E-state index in [2.05, 4.69) is 241 Å². The number of rotatable bonds is 5. The smallest absolute Gasteiger partial charge is 0.183 e. The fourth-order valence-electron chi connectivity index (χ4n) is 11.4. The van der Waals surface area contributed by atoms with E-state index >= 15 is 0 Å². The summed E-state index contributed by atoms with van der Waals surface area (Å²) in [5, 5.41) is 8.35. The van der Waals surface area contributed by atoms with Gasteiger partial charge in [0.05, 0.1) is 11.1 Å². The molecule has 0 N–H and O–H groups in total. The summed E-state index contributed by atoms with van der Waals surface area (Å²) >= 11 is 1.92. The van der Waals surface area contributed by atoms with Gasteiger partial charge in [0.15, 0.2) is 8.07 Å². The fraction of sp³-hybridized carbons (Fsp3) is 0.0169. The molecule has 0 saturated carbocycles. The molecule has 0 atom stereocenters. The van der Waals surface area contributed by atoms with Crippen LogP contribution in [0.1, 0.15) is 22.3 Å². The molecule has 10 aromatic carbocycles. The highest BCUT2D eigenvalue weighted by Gasteiger charge is 2.53. The molecule has 0 bridgehead atoms. The Morgan fingerprint density at radius 3 is 1.58 bits per heavy atom. The maximum Gasteiger partial charge on any atom is 0.183 e. The largest absolute Gasteiger partial charge is 0.310 e.